The molecule has 1 aliphatic rings. The van der Waals surface area contributed by atoms with Crippen LogP contribution < -0.4 is 5.32 Å². The van der Waals surface area contributed by atoms with Crippen molar-refractivity contribution in [3.8, 4) is 0 Å². The highest BCUT2D eigenvalue weighted by Gasteiger charge is 2.13. The summed E-state index contributed by atoms with van der Waals surface area (Å²) in [6, 6.07) is 14.0. The molecule has 136 valence electrons. The Morgan fingerprint density at radius 2 is 1.85 bits per heavy atom. The van der Waals surface area contributed by atoms with Crippen molar-refractivity contribution in [1.29, 1.82) is 0 Å². The second kappa shape index (κ2) is 8.74. The summed E-state index contributed by atoms with van der Waals surface area (Å²) < 4.78 is 12.9. The van der Waals surface area contributed by atoms with Crippen molar-refractivity contribution in [3.63, 3.8) is 0 Å². The van der Waals surface area contributed by atoms with Gasteiger partial charge in [-0.2, -0.15) is 0 Å². The number of amides is 1. The van der Waals surface area contributed by atoms with E-state index >= 15 is 0 Å². The molecule has 26 heavy (non-hydrogen) atoms. The fourth-order valence-corrected chi connectivity index (χ4v) is 2.94. The van der Waals surface area contributed by atoms with E-state index < -0.39 is 0 Å². The van der Waals surface area contributed by atoms with Crippen LogP contribution in [0.2, 0.25) is 0 Å². The van der Waals surface area contributed by atoms with Crippen LogP contribution in [0.3, 0.4) is 0 Å². The van der Waals surface area contributed by atoms with Crippen molar-refractivity contribution in [1.82, 2.24) is 9.80 Å². The number of anilines is 1. The number of piperazine rings is 1. The predicted octanol–water partition coefficient (Wildman–Crippen LogP) is 3.23. The highest BCUT2D eigenvalue weighted by atomic mass is 19.1. The second-order valence-corrected chi connectivity index (χ2v) is 6.65. The van der Waals surface area contributed by atoms with Crippen LogP contribution in [0, 0.1) is 5.82 Å². The van der Waals surface area contributed by atoms with Gasteiger partial charge >= 0.3 is 0 Å². The molecule has 0 spiro atoms. The van der Waals surface area contributed by atoms with Crippen LogP contribution in [-0.2, 0) is 11.3 Å². The molecule has 1 N–H and O–H groups in total. The summed E-state index contributed by atoms with van der Waals surface area (Å²) in [5.41, 5.74) is 2.76. The molecule has 4 nitrogen and oxygen atoms in total. The van der Waals surface area contributed by atoms with Gasteiger partial charge in [-0.1, -0.05) is 24.3 Å². The Hall–Kier alpha value is -2.50. The largest absolute Gasteiger partial charge is 0.323 e. The Morgan fingerprint density at radius 1 is 1.12 bits per heavy atom. The Morgan fingerprint density at radius 3 is 2.58 bits per heavy atom. The standard InChI is InChI=1S/C21H24FN3O/c1-24-11-13-25(14-12-24)16-18-3-2-4-20(15-18)23-21(26)10-7-17-5-8-19(22)9-6-17/h2-10,15H,11-14,16H2,1H3,(H,23,26)/b10-7+. The van der Waals surface area contributed by atoms with E-state index in [0.29, 0.717) is 0 Å². The van der Waals surface area contributed by atoms with Gasteiger partial charge in [0.15, 0.2) is 0 Å². The number of halogens is 1. The second-order valence-electron chi connectivity index (χ2n) is 6.65. The molecular formula is C21H24FN3O. The van der Waals surface area contributed by atoms with Crippen molar-refractivity contribution < 1.29 is 9.18 Å². The maximum absolute atomic E-state index is 12.9. The Bertz CT molecular complexity index is 765. The van der Waals surface area contributed by atoms with E-state index in [-0.39, 0.29) is 11.7 Å². The monoisotopic (exact) mass is 353 g/mol. The topological polar surface area (TPSA) is 35.6 Å². The molecule has 2 aromatic rings. The third-order valence-corrected chi connectivity index (χ3v) is 4.49. The Labute approximate surface area is 153 Å². The van der Waals surface area contributed by atoms with Crippen LogP contribution in [0.4, 0.5) is 10.1 Å². The number of benzene rings is 2. The summed E-state index contributed by atoms with van der Waals surface area (Å²) in [4.78, 5) is 16.9. The van der Waals surface area contributed by atoms with Crippen LogP contribution in [0.1, 0.15) is 11.1 Å². The van der Waals surface area contributed by atoms with Crippen LogP contribution >= 0.6 is 0 Å². The van der Waals surface area contributed by atoms with Gasteiger partial charge in [0, 0.05) is 44.5 Å². The van der Waals surface area contributed by atoms with Crippen molar-refractivity contribution >= 4 is 17.7 Å². The number of carbonyl (C=O) groups is 1. The maximum Gasteiger partial charge on any atom is 0.248 e. The van der Waals surface area contributed by atoms with Gasteiger partial charge < -0.3 is 10.2 Å². The van der Waals surface area contributed by atoms with E-state index in [2.05, 4.69) is 28.2 Å². The number of likely N-dealkylation sites (N-methyl/N-ethyl adjacent to an activating group) is 1. The lowest BCUT2D eigenvalue weighted by Crippen LogP contribution is -2.43. The van der Waals surface area contributed by atoms with Crippen LogP contribution in [-0.4, -0.2) is 48.9 Å². The highest BCUT2D eigenvalue weighted by Crippen LogP contribution is 2.14. The van der Waals surface area contributed by atoms with Crippen molar-refractivity contribution in [2.45, 2.75) is 6.54 Å². The quantitative estimate of drug-likeness (QED) is 0.839. The maximum atomic E-state index is 12.9. The summed E-state index contributed by atoms with van der Waals surface area (Å²) >= 11 is 0. The Balaban J connectivity index is 1.56. The molecule has 3 rings (SSSR count). The molecule has 0 unspecified atom stereocenters. The van der Waals surface area contributed by atoms with Crippen LogP contribution in [0.15, 0.2) is 54.6 Å². The third-order valence-electron chi connectivity index (χ3n) is 4.49. The SMILES string of the molecule is CN1CCN(Cc2cccc(NC(=O)/C=C/c3ccc(F)cc3)c2)CC1. The molecule has 0 aliphatic carbocycles. The number of hydrogen-bond donors (Lipinski definition) is 1. The first-order valence-electron chi connectivity index (χ1n) is 8.83. The van der Waals surface area contributed by atoms with Gasteiger partial charge in [0.05, 0.1) is 0 Å². The first-order valence-corrected chi connectivity index (χ1v) is 8.83. The van der Waals surface area contributed by atoms with E-state index in [9.17, 15) is 9.18 Å². The van der Waals surface area contributed by atoms with Crippen LogP contribution in [0.25, 0.3) is 6.08 Å². The summed E-state index contributed by atoms with van der Waals surface area (Å²) in [5, 5.41) is 2.88. The molecule has 1 heterocycles. The minimum atomic E-state index is -0.288. The average molecular weight is 353 g/mol. The molecule has 0 aromatic heterocycles. The predicted molar refractivity (Wildman–Crippen MR) is 103 cm³/mol. The van der Waals surface area contributed by atoms with Crippen molar-refractivity contribution in [2.24, 2.45) is 0 Å². The van der Waals surface area contributed by atoms with Gasteiger partial charge in [-0.3, -0.25) is 9.69 Å². The van der Waals surface area contributed by atoms with Crippen molar-refractivity contribution in [2.75, 3.05) is 38.5 Å². The van der Waals surface area contributed by atoms with E-state index in [0.717, 1.165) is 44.0 Å². The third kappa shape index (κ3) is 5.51. The summed E-state index contributed by atoms with van der Waals surface area (Å²) in [5.74, 6) is -0.491. The van der Waals surface area contributed by atoms with Gasteiger partial charge in [-0.25, -0.2) is 4.39 Å². The van der Waals surface area contributed by atoms with E-state index in [4.69, 9.17) is 0 Å². The van der Waals surface area contributed by atoms with E-state index in [1.165, 1.54) is 23.8 Å². The summed E-state index contributed by atoms with van der Waals surface area (Å²) in [6.45, 7) is 5.19. The number of hydrogen-bond acceptors (Lipinski definition) is 3. The zero-order chi connectivity index (χ0) is 18.4. The van der Waals surface area contributed by atoms with Gasteiger partial charge in [-0.15, -0.1) is 0 Å². The molecule has 1 saturated heterocycles. The molecule has 0 saturated carbocycles. The minimum Gasteiger partial charge on any atom is -0.323 e. The van der Waals surface area contributed by atoms with E-state index in [1.54, 1.807) is 18.2 Å². The highest BCUT2D eigenvalue weighted by molar-refractivity contribution is 6.01. The molecule has 1 fully saturated rings. The molecule has 1 amide bonds. The molecule has 5 heteroatoms. The normalized spacial score (nSPS) is 16.1. The molecule has 2 aromatic carbocycles. The van der Waals surface area contributed by atoms with Crippen LogP contribution in [0.5, 0.6) is 0 Å². The number of rotatable bonds is 5. The lowest BCUT2D eigenvalue weighted by Gasteiger charge is -2.32. The molecule has 0 atom stereocenters. The van der Waals surface area contributed by atoms with E-state index in [1.807, 2.05) is 18.2 Å². The molecular weight excluding hydrogens is 329 g/mol. The lowest BCUT2D eigenvalue weighted by atomic mass is 10.1. The average Bonchev–Trinajstić information content (AvgIpc) is 2.63. The van der Waals surface area contributed by atoms with Gasteiger partial charge in [0.2, 0.25) is 5.91 Å². The molecule has 0 radical (unpaired) electrons. The zero-order valence-corrected chi connectivity index (χ0v) is 15.0. The number of nitrogens with one attached hydrogen (secondary N) is 1. The number of carbonyl (C=O) groups excluding carboxylic acids is 1. The zero-order valence-electron chi connectivity index (χ0n) is 15.0. The fourth-order valence-electron chi connectivity index (χ4n) is 2.94. The molecule has 0 bridgehead atoms. The van der Waals surface area contributed by atoms with Crippen molar-refractivity contribution in [3.05, 3.63) is 71.6 Å². The lowest BCUT2D eigenvalue weighted by molar-refractivity contribution is -0.111. The fraction of sp³-hybridized carbons (Fsp3) is 0.286. The minimum absolute atomic E-state index is 0.203. The van der Waals surface area contributed by atoms with Gasteiger partial charge in [-0.05, 0) is 48.5 Å². The first kappa shape index (κ1) is 18.3. The Kier molecular flexibility index (Phi) is 6.15. The van der Waals surface area contributed by atoms with Gasteiger partial charge in [0.1, 0.15) is 5.82 Å². The summed E-state index contributed by atoms with van der Waals surface area (Å²) in [6.07, 6.45) is 3.13. The summed E-state index contributed by atoms with van der Waals surface area (Å²) in [7, 11) is 2.15. The molecule has 1 aliphatic heterocycles. The first-order chi connectivity index (χ1) is 12.6. The smallest absolute Gasteiger partial charge is 0.248 e. The number of nitrogens with zero attached hydrogens (tertiary/aromatic N) is 2. The van der Waals surface area contributed by atoms with Gasteiger partial charge in [0.25, 0.3) is 0 Å².